The zero-order valence-corrected chi connectivity index (χ0v) is 13.6. The Hall–Kier alpha value is -1.49. The monoisotopic (exact) mass is 322 g/mol. The minimum absolute atomic E-state index is 0.175. The molecule has 1 atom stereocenters. The van der Waals surface area contributed by atoms with Crippen molar-refractivity contribution in [3.63, 3.8) is 0 Å². The molecule has 1 aromatic rings. The molecule has 1 unspecified atom stereocenters. The van der Waals surface area contributed by atoms with Crippen LogP contribution in [0, 0.1) is 17.6 Å². The summed E-state index contributed by atoms with van der Waals surface area (Å²) < 4.78 is 27.1. The summed E-state index contributed by atoms with van der Waals surface area (Å²) in [6.45, 7) is 1.98. The Morgan fingerprint density at radius 3 is 2.74 bits per heavy atom. The van der Waals surface area contributed by atoms with Crippen molar-refractivity contribution in [3.8, 4) is 0 Å². The van der Waals surface area contributed by atoms with Gasteiger partial charge in [-0.3, -0.25) is 9.69 Å². The van der Waals surface area contributed by atoms with Crippen molar-refractivity contribution in [1.29, 1.82) is 0 Å². The second kappa shape index (κ2) is 6.95. The molecule has 0 spiro atoms. The van der Waals surface area contributed by atoms with Crippen LogP contribution in [0.1, 0.15) is 37.7 Å². The number of nitrogens with zero attached hydrogens (tertiary/aromatic N) is 2. The van der Waals surface area contributed by atoms with Gasteiger partial charge in [-0.15, -0.1) is 0 Å². The van der Waals surface area contributed by atoms with Gasteiger partial charge >= 0.3 is 0 Å². The first-order chi connectivity index (χ1) is 11.0. The summed E-state index contributed by atoms with van der Waals surface area (Å²) in [4.78, 5) is 16.4. The number of likely N-dealkylation sites (N-methyl/N-ethyl adjacent to an activating group) is 1. The van der Waals surface area contributed by atoms with Crippen LogP contribution < -0.4 is 0 Å². The molecule has 1 heterocycles. The summed E-state index contributed by atoms with van der Waals surface area (Å²) >= 11 is 0. The Balaban J connectivity index is 1.61. The van der Waals surface area contributed by atoms with Crippen LogP contribution in [0.3, 0.4) is 0 Å². The van der Waals surface area contributed by atoms with Crippen LogP contribution in [0.5, 0.6) is 0 Å². The maximum atomic E-state index is 13.8. The second-order valence-electron chi connectivity index (χ2n) is 6.84. The lowest BCUT2D eigenvalue weighted by molar-refractivity contribution is -0.140. The van der Waals surface area contributed by atoms with Gasteiger partial charge in [-0.1, -0.05) is 6.42 Å². The van der Waals surface area contributed by atoms with Gasteiger partial charge in [0.15, 0.2) is 0 Å². The van der Waals surface area contributed by atoms with Crippen molar-refractivity contribution in [3.05, 3.63) is 35.4 Å². The molecule has 2 fully saturated rings. The van der Waals surface area contributed by atoms with Gasteiger partial charge in [0.25, 0.3) is 0 Å². The number of piperidine rings is 1. The Morgan fingerprint density at radius 1 is 1.26 bits per heavy atom. The zero-order chi connectivity index (χ0) is 16.4. The van der Waals surface area contributed by atoms with E-state index in [-0.39, 0.29) is 23.7 Å². The molecule has 0 bridgehead atoms. The summed E-state index contributed by atoms with van der Waals surface area (Å²) in [5.41, 5.74) is 0.388. The Bertz CT molecular complexity index is 574. The van der Waals surface area contributed by atoms with Crippen molar-refractivity contribution in [2.45, 2.75) is 44.7 Å². The van der Waals surface area contributed by atoms with E-state index >= 15 is 0 Å². The molecule has 1 aromatic carbocycles. The quantitative estimate of drug-likeness (QED) is 0.850. The predicted octanol–water partition coefficient (Wildman–Crippen LogP) is 3.19. The fourth-order valence-electron chi connectivity index (χ4n) is 3.52. The molecule has 3 nitrogen and oxygen atoms in total. The number of likely N-dealkylation sites (tertiary alicyclic amines) is 1. The highest BCUT2D eigenvalue weighted by molar-refractivity contribution is 5.79. The summed E-state index contributed by atoms with van der Waals surface area (Å²) in [5, 5.41) is 0. The predicted molar refractivity (Wildman–Crippen MR) is 84.8 cm³/mol. The van der Waals surface area contributed by atoms with Gasteiger partial charge in [0.05, 0.1) is 0 Å². The molecule has 0 aromatic heterocycles. The van der Waals surface area contributed by atoms with Crippen molar-refractivity contribution in [1.82, 2.24) is 9.80 Å². The van der Waals surface area contributed by atoms with E-state index in [1.807, 2.05) is 11.9 Å². The maximum absolute atomic E-state index is 13.8. The van der Waals surface area contributed by atoms with E-state index in [1.165, 1.54) is 12.1 Å². The first kappa shape index (κ1) is 16.4. The van der Waals surface area contributed by atoms with Crippen LogP contribution in [0.15, 0.2) is 18.2 Å². The average Bonchev–Trinajstić information content (AvgIpc) is 2.49. The third-order valence-electron chi connectivity index (χ3n) is 5.23. The number of hydrogen-bond donors (Lipinski definition) is 0. The molecule has 1 amide bonds. The van der Waals surface area contributed by atoms with E-state index in [0.29, 0.717) is 12.1 Å². The van der Waals surface area contributed by atoms with Crippen LogP contribution in [-0.2, 0) is 11.3 Å². The van der Waals surface area contributed by atoms with Crippen molar-refractivity contribution >= 4 is 5.91 Å². The molecule has 1 saturated carbocycles. The van der Waals surface area contributed by atoms with Crippen LogP contribution in [0.2, 0.25) is 0 Å². The Labute approximate surface area is 136 Å². The van der Waals surface area contributed by atoms with Crippen molar-refractivity contribution < 1.29 is 13.6 Å². The van der Waals surface area contributed by atoms with E-state index in [1.54, 1.807) is 0 Å². The molecule has 126 valence electrons. The van der Waals surface area contributed by atoms with Crippen LogP contribution in [0.4, 0.5) is 8.78 Å². The smallest absolute Gasteiger partial charge is 0.225 e. The van der Waals surface area contributed by atoms with E-state index < -0.39 is 5.82 Å². The first-order valence-corrected chi connectivity index (χ1v) is 8.47. The van der Waals surface area contributed by atoms with Crippen molar-refractivity contribution in [2.75, 3.05) is 20.1 Å². The Morgan fingerprint density at radius 2 is 2.04 bits per heavy atom. The van der Waals surface area contributed by atoms with Gasteiger partial charge in [0.1, 0.15) is 11.6 Å². The topological polar surface area (TPSA) is 23.6 Å². The van der Waals surface area contributed by atoms with Gasteiger partial charge in [0, 0.05) is 37.7 Å². The molecular weight excluding hydrogens is 298 g/mol. The van der Waals surface area contributed by atoms with E-state index in [2.05, 4.69) is 4.90 Å². The number of rotatable bonds is 4. The lowest BCUT2D eigenvalue weighted by atomic mass is 9.84. The molecule has 1 saturated heterocycles. The highest BCUT2D eigenvalue weighted by Crippen LogP contribution is 2.29. The van der Waals surface area contributed by atoms with Gasteiger partial charge in [-0.05, 0) is 50.4 Å². The summed E-state index contributed by atoms with van der Waals surface area (Å²) in [6, 6.07) is 3.76. The van der Waals surface area contributed by atoms with Gasteiger partial charge in [-0.2, -0.15) is 0 Å². The molecular formula is C18H24F2N2O. The van der Waals surface area contributed by atoms with Gasteiger partial charge < -0.3 is 4.90 Å². The molecule has 1 aliphatic carbocycles. The van der Waals surface area contributed by atoms with Crippen LogP contribution in [0.25, 0.3) is 0 Å². The lowest BCUT2D eigenvalue weighted by Crippen LogP contribution is -2.50. The number of carbonyl (C=O) groups is 1. The van der Waals surface area contributed by atoms with Crippen molar-refractivity contribution in [2.24, 2.45) is 5.92 Å². The minimum atomic E-state index is -0.410. The molecule has 2 aliphatic rings. The fourth-order valence-corrected chi connectivity index (χ4v) is 3.52. The third kappa shape index (κ3) is 3.71. The highest BCUT2D eigenvalue weighted by Gasteiger charge is 2.32. The SMILES string of the molecule is CN(C(=O)C1CCC1)C1CCCN(Cc2cc(F)ccc2F)C1. The average molecular weight is 322 g/mol. The highest BCUT2D eigenvalue weighted by atomic mass is 19.1. The fraction of sp³-hybridized carbons (Fsp3) is 0.611. The molecule has 0 radical (unpaired) electrons. The summed E-state index contributed by atoms with van der Waals surface area (Å²) in [7, 11) is 1.89. The normalized spacial score (nSPS) is 22.7. The number of benzene rings is 1. The van der Waals surface area contributed by atoms with Gasteiger partial charge in [0.2, 0.25) is 5.91 Å². The molecule has 23 heavy (non-hydrogen) atoms. The number of halogens is 2. The second-order valence-corrected chi connectivity index (χ2v) is 6.84. The minimum Gasteiger partial charge on any atom is -0.341 e. The summed E-state index contributed by atoms with van der Waals surface area (Å²) in [5.74, 6) is -0.323. The lowest BCUT2D eigenvalue weighted by Gasteiger charge is -2.40. The zero-order valence-electron chi connectivity index (χ0n) is 13.6. The molecule has 3 rings (SSSR count). The van der Waals surface area contributed by atoms with E-state index in [9.17, 15) is 13.6 Å². The van der Waals surface area contributed by atoms with Crippen LogP contribution >= 0.6 is 0 Å². The summed E-state index contributed by atoms with van der Waals surface area (Å²) in [6.07, 6.45) is 5.13. The molecule has 1 aliphatic heterocycles. The van der Waals surface area contributed by atoms with E-state index in [0.717, 1.165) is 51.3 Å². The number of hydrogen-bond acceptors (Lipinski definition) is 2. The third-order valence-corrected chi connectivity index (χ3v) is 5.23. The first-order valence-electron chi connectivity index (χ1n) is 8.47. The maximum Gasteiger partial charge on any atom is 0.225 e. The largest absolute Gasteiger partial charge is 0.341 e. The number of amides is 1. The number of carbonyl (C=O) groups excluding carboxylic acids is 1. The molecule has 0 N–H and O–H groups in total. The standard InChI is InChI=1S/C18H24F2N2O/c1-21(18(23)13-4-2-5-13)16-6-3-9-22(12-16)11-14-10-15(19)7-8-17(14)20/h7-8,10,13,16H,2-6,9,11-12H2,1H3. The van der Waals surface area contributed by atoms with Crippen LogP contribution in [-0.4, -0.2) is 41.9 Å². The molecule has 5 heteroatoms. The Kier molecular flexibility index (Phi) is 4.95. The van der Waals surface area contributed by atoms with E-state index in [4.69, 9.17) is 0 Å². The van der Waals surface area contributed by atoms with Gasteiger partial charge in [-0.25, -0.2) is 8.78 Å².